The number of pyridine rings is 1. The first-order chi connectivity index (χ1) is 9.43. The van der Waals surface area contributed by atoms with Crippen molar-refractivity contribution in [2.75, 3.05) is 20.1 Å². The number of rotatable bonds is 3. The Morgan fingerprint density at radius 1 is 1.45 bits per heavy atom. The molecule has 0 aromatic carbocycles. The molecule has 0 aliphatic carbocycles. The number of carbonyl (C=O) groups is 1. The van der Waals surface area contributed by atoms with Gasteiger partial charge in [-0.25, -0.2) is 0 Å². The fourth-order valence-corrected chi connectivity index (χ4v) is 2.53. The lowest BCUT2D eigenvalue weighted by Crippen LogP contribution is -2.61. The Hall–Kier alpha value is -1.73. The van der Waals surface area contributed by atoms with E-state index in [2.05, 4.69) is 15.2 Å². The van der Waals surface area contributed by atoms with Gasteiger partial charge in [0.05, 0.1) is 16.1 Å². The van der Waals surface area contributed by atoms with Crippen LogP contribution in [-0.2, 0) is 0 Å². The van der Waals surface area contributed by atoms with E-state index in [0.717, 1.165) is 13.1 Å². The van der Waals surface area contributed by atoms with E-state index in [-0.39, 0.29) is 11.5 Å². The molecular formula is C13H18N4O2S. The number of piperidine rings is 1. The molecular weight excluding hydrogens is 276 g/mol. The van der Waals surface area contributed by atoms with Gasteiger partial charge < -0.3 is 20.9 Å². The number of aromatic amines is 1. The van der Waals surface area contributed by atoms with Crippen molar-refractivity contribution in [1.29, 1.82) is 0 Å². The summed E-state index contributed by atoms with van der Waals surface area (Å²) >= 11 is 5.14. The quantitative estimate of drug-likeness (QED) is 0.675. The van der Waals surface area contributed by atoms with E-state index in [1.165, 1.54) is 18.3 Å². The minimum atomic E-state index is -0.644. The summed E-state index contributed by atoms with van der Waals surface area (Å²) in [6.07, 6.45) is 2.77. The van der Waals surface area contributed by atoms with Crippen molar-refractivity contribution in [3.63, 3.8) is 0 Å². The maximum absolute atomic E-state index is 12.3. The van der Waals surface area contributed by atoms with Gasteiger partial charge >= 0.3 is 0 Å². The Kier molecular flexibility index (Phi) is 4.20. The molecule has 20 heavy (non-hydrogen) atoms. The molecule has 1 amide bonds. The fourth-order valence-electron chi connectivity index (χ4n) is 2.27. The Bertz CT molecular complexity index is 555. The standard InChI is InChI=1S/C13H18N4O2S/c1-17-6-4-13(5-7-17,12(14)20)16-11(19)9-2-3-10(18)15-8-9/h2-3,8H,4-7H2,1H3,(H2,14,20)(H,15,18)(H,16,19). The molecule has 1 aliphatic heterocycles. The van der Waals surface area contributed by atoms with Crippen LogP contribution in [0.3, 0.4) is 0 Å². The number of amides is 1. The van der Waals surface area contributed by atoms with E-state index in [4.69, 9.17) is 18.0 Å². The average molecular weight is 294 g/mol. The van der Waals surface area contributed by atoms with E-state index in [1.54, 1.807) is 0 Å². The minimum absolute atomic E-state index is 0.245. The number of hydrogen-bond donors (Lipinski definition) is 3. The Morgan fingerprint density at radius 2 is 2.10 bits per heavy atom. The fraction of sp³-hybridized carbons (Fsp3) is 0.462. The third kappa shape index (κ3) is 3.05. The van der Waals surface area contributed by atoms with Gasteiger partial charge in [0, 0.05) is 25.4 Å². The summed E-state index contributed by atoms with van der Waals surface area (Å²) in [6.45, 7) is 1.65. The van der Waals surface area contributed by atoms with E-state index in [1.807, 2.05) is 7.05 Å². The van der Waals surface area contributed by atoms with Gasteiger partial charge in [-0.2, -0.15) is 0 Å². The van der Waals surface area contributed by atoms with Crippen LogP contribution < -0.4 is 16.6 Å². The number of aromatic nitrogens is 1. The molecule has 0 spiro atoms. The molecule has 1 fully saturated rings. The molecule has 1 aromatic heterocycles. The largest absolute Gasteiger partial charge is 0.391 e. The maximum Gasteiger partial charge on any atom is 0.253 e. The highest BCUT2D eigenvalue weighted by molar-refractivity contribution is 7.80. The summed E-state index contributed by atoms with van der Waals surface area (Å²) in [7, 11) is 2.02. The summed E-state index contributed by atoms with van der Waals surface area (Å²) in [5, 5.41) is 2.93. The second-order valence-electron chi connectivity index (χ2n) is 5.15. The van der Waals surface area contributed by atoms with E-state index in [0.29, 0.717) is 23.4 Å². The lowest BCUT2D eigenvalue weighted by molar-refractivity contribution is 0.0890. The minimum Gasteiger partial charge on any atom is -0.391 e. The zero-order valence-corrected chi connectivity index (χ0v) is 12.1. The van der Waals surface area contributed by atoms with Crippen molar-refractivity contribution in [3.05, 3.63) is 34.2 Å². The topological polar surface area (TPSA) is 91.2 Å². The van der Waals surface area contributed by atoms with Crippen molar-refractivity contribution in [1.82, 2.24) is 15.2 Å². The van der Waals surface area contributed by atoms with Crippen molar-refractivity contribution in [3.8, 4) is 0 Å². The lowest BCUT2D eigenvalue weighted by Gasteiger charge is -2.40. The van der Waals surface area contributed by atoms with E-state index in [9.17, 15) is 9.59 Å². The Morgan fingerprint density at radius 3 is 2.60 bits per heavy atom. The van der Waals surface area contributed by atoms with Gasteiger partial charge in [0.1, 0.15) is 0 Å². The third-order valence-corrected chi connectivity index (χ3v) is 4.10. The molecule has 0 unspecified atom stereocenters. The zero-order valence-electron chi connectivity index (χ0n) is 11.3. The number of H-pyrrole nitrogens is 1. The number of nitrogens with zero attached hydrogens (tertiary/aromatic N) is 1. The first-order valence-corrected chi connectivity index (χ1v) is 6.83. The van der Waals surface area contributed by atoms with Gasteiger partial charge in [0.25, 0.3) is 5.91 Å². The summed E-state index contributed by atoms with van der Waals surface area (Å²) in [5.74, 6) is -0.279. The number of carbonyl (C=O) groups excluding carboxylic acids is 1. The van der Waals surface area contributed by atoms with Gasteiger partial charge in [-0.3, -0.25) is 9.59 Å². The van der Waals surface area contributed by atoms with E-state index < -0.39 is 5.54 Å². The predicted molar refractivity (Wildman–Crippen MR) is 80.8 cm³/mol. The van der Waals surface area contributed by atoms with Crippen molar-refractivity contribution in [2.45, 2.75) is 18.4 Å². The van der Waals surface area contributed by atoms with E-state index >= 15 is 0 Å². The van der Waals surface area contributed by atoms with Crippen LogP contribution in [0.5, 0.6) is 0 Å². The molecule has 108 valence electrons. The molecule has 2 rings (SSSR count). The van der Waals surface area contributed by atoms with Crippen LogP contribution in [0.15, 0.2) is 23.1 Å². The lowest BCUT2D eigenvalue weighted by atomic mass is 9.87. The molecule has 1 saturated heterocycles. The summed E-state index contributed by atoms with van der Waals surface area (Å²) < 4.78 is 0. The van der Waals surface area contributed by atoms with Crippen LogP contribution >= 0.6 is 12.2 Å². The van der Waals surface area contributed by atoms with Crippen molar-refractivity contribution < 1.29 is 4.79 Å². The highest BCUT2D eigenvalue weighted by Gasteiger charge is 2.38. The van der Waals surface area contributed by atoms with Gasteiger partial charge in [0.2, 0.25) is 5.56 Å². The molecule has 6 nitrogen and oxygen atoms in total. The van der Waals surface area contributed by atoms with Gasteiger partial charge in [0.15, 0.2) is 0 Å². The number of nitrogens with one attached hydrogen (secondary N) is 2. The number of hydrogen-bond acceptors (Lipinski definition) is 4. The molecule has 1 aliphatic rings. The molecule has 2 heterocycles. The van der Waals surface area contributed by atoms with Crippen LogP contribution in [0.4, 0.5) is 0 Å². The average Bonchev–Trinajstić information content (AvgIpc) is 2.42. The second-order valence-corrected chi connectivity index (χ2v) is 5.59. The monoisotopic (exact) mass is 294 g/mol. The highest BCUT2D eigenvalue weighted by atomic mass is 32.1. The smallest absolute Gasteiger partial charge is 0.253 e. The highest BCUT2D eigenvalue weighted by Crippen LogP contribution is 2.22. The Balaban J connectivity index is 2.16. The zero-order chi connectivity index (χ0) is 14.8. The first-order valence-electron chi connectivity index (χ1n) is 6.43. The van der Waals surface area contributed by atoms with Crippen LogP contribution in [0.25, 0.3) is 0 Å². The third-order valence-electron chi connectivity index (χ3n) is 3.71. The molecule has 0 radical (unpaired) electrons. The molecule has 0 atom stereocenters. The van der Waals surface area contributed by atoms with Gasteiger partial charge in [-0.15, -0.1) is 0 Å². The van der Waals surface area contributed by atoms with Gasteiger partial charge in [-0.05, 0) is 26.0 Å². The molecule has 1 aromatic rings. The molecule has 0 saturated carbocycles. The summed E-state index contributed by atoms with van der Waals surface area (Å²) in [4.78, 5) is 28.2. The second kappa shape index (κ2) is 5.72. The van der Waals surface area contributed by atoms with Gasteiger partial charge in [-0.1, -0.05) is 12.2 Å². The predicted octanol–water partition coefficient (Wildman–Crippen LogP) is -0.145. The van der Waals surface area contributed by atoms with Crippen molar-refractivity contribution in [2.24, 2.45) is 5.73 Å². The number of nitrogens with two attached hydrogens (primary N) is 1. The molecule has 7 heteroatoms. The number of likely N-dealkylation sites (tertiary alicyclic amines) is 1. The normalized spacial score (nSPS) is 18.4. The molecule has 0 bridgehead atoms. The Labute approximate surface area is 122 Å². The molecule has 4 N–H and O–H groups in total. The maximum atomic E-state index is 12.3. The number of thiocarbonyl (C=S) groups is 1. The van der Waals surface area contributed by atoms with Crippen LogP contribution in [0.2, 0.25) is 0 Å². The summed E-state index contributed by atoms with van der Waals surface area (Å²) in [6, 6.07) is 2.80. The van der Waals surface area contributed by atoms with Crippen LogP contribution in [0, 0.1) is 0 Å². The van der Waals surface area contributed by atoms with Crippen LogP contribution in [-0.4, -0.2) is 46.5 Å². The van der Waals surface area contributed by atoms with Crippen molar-refractivity contribution >= 4 is 23.1 Å². The summed E-state index contributed by atoms with van der Waals surface area (Å²) in [5.41, 5.74) is 5.34. The first kappa shape index (κ1) is 14.7. The SMILES string of the molecule is CN1CCC(NC(=O)c2ccc(=O)[nH]c2)(C(N)=S)CC1. The van der Waals surface area contributed by atoms with Crippen LogP contribution in [0.1, 0.15) is 23.2 Å².